The average Bonchev–Trinajstić information content (AvgIpc) is 2.56. The summed E-state index contributed by atoms with van der Waals surface area (Å²) in [6, 6.07) is 6.35. The molecule has 0 bridgehead atoms. The molecule has 0 radical (unpaired) electrons. The van der Waals surface area contributed by atoms with Crippen LogP contribution < -0.4 is 11.1 Å². The number of anilines is 1. The highest BCUT2D eigenvalue weighted by atomic mass is 14.9. The minimum atomic E-state index is 0.205. The number of aryl methyl sites for hydroxylation is 1. The molecule has 1 aliphatic carbocycles. The number of fused-ring (bicyclic) bond motifs is 1. The van der Waals surface area contributed by atoms with E-state index in [0.717, 1.165) is 12.2 Å². The molecule has 1 aromatic carbocycles. The first-order valence-corrected chi connectivity index (χ1v) is 6.09. The zero-order chi connectivity index (χ0) is 11.8. The number of nitrogens with two attached hydrogens (primary N) is 1. The molecule has 1 aliphatic rings. The Morgan fingerprint density at radius 1 is 1.38 bits per heavy atom. The fraction of sp³-hybridized carbons (Fsp3) is 0.571. The van der Waals surface area contributed by atoms with Crippen molar-refractivity contribution in [2.75, 3.05) is 12.3 Å². The Balaban J connectivity index is 2.06. The molecule has 2 nitrogen and oxygen atoms in total. The summed E-state index contributed by atoms with van der Waals surface area (Å²) >= 11 is 0. The number of hydrogen-bond donors (Lipinski definition) is 2. The van der Waals surface area contributed by atoms with Crippen molar-refractivity contribution in [1.82, 2.24) is 5.32 Å². The zero-order valence-electron chi connectivity index (χ0n) is 10.5. The minimum Gasteiger partial charge on any atom is -0.399 e. The normalized spacial score (nSPS) is 19.8. The molecule has 0 aliphatic heterocycles. The van der Waals surface area contributed by atoms with Crippen LogP contribution in [0.25, 0.3) is 0 Å². The maximum Gasteiger partial charge on any atom is 0.0316 e. The van der Waals surface area contributed by atoms with Crippen molar-refractivity contribution < 1.29 is 0 Å². The van der Waals surface area contributed by atoms with E-state index in [2.05, 4.69) is 38.2 Å². The zero-order valence-corrected chi connectivity index (χ0v) is 10.5. The van der Waals surface area contributed by atoms with Gasteiger partial charge < -0.3 is 11.1 Å². The Bertz CT molecular complexity index is 377. The second-order valence-corrected chi connectivity index (χ2v) is 5.82. The molecule has 2 rings (SSSR count). The van der Waals surface area contributed by atoms with Gasteiger partial charge in [-0.05, 0) is 62.8 Å². The maximum absolute atomic E-state index is 5.80. The molecule has 0 fully saturated rings. The van der Waals surface area contributed by atoms with Gasteiger partial charge in [0.05, 0.1) is 0 Å². The van der Waals surface area contributed by atoms with E-state index in [4.69, 9.17) is 5.73 Å². The third-order valence-corrected chi connectivity index (χ3v) is 3.25. The number of benzene rings is 1. The third-order valence-electron chi connectivity index (χ3n) is 3.25. The lowest BCUT2D eigenvalue weighted by atomic mass is 9.99. The molecule has 1 atom stereocenters. The van der Waals surface area contributed by atoms with Crippen LogP contribution in [-0.2, 0) is 6.42 Å². The van der Waals surface area contributed by atoms with Crippen molar-refractivity contribution in [3.05, 3.63) is 29.3 Å². The highest BCUT2D eigenvalue weighted by Crippen LogP contribution is 2.33. The van der Waals surface area contributed by atoms with Crippen LogP contribution in [0.15, 0.2) is 18.2 Å². The Hall–Kier alpha value is -1.02. The van der Waals surface area contributed by atoms with E-state index < -0.39 is 0 Å². The van der Waals surface area contributed by atoms with Gasteiger partial charge in [-0.25, -0.2) is 0 Å². The van der Waals surface area contributed by atoms with Crippen LogP contribution in [0, 0.1) is 0 Å². The molecule has 88 valence electrons. The van der Waals surface area contributed by atoms with Gasteiger partial charge in [0, 0.05) is 17.8 Å². The van der Waals surface area contributed by atoms with Crippen molar-refractivity contribution in [1.29, 1.82) is 0 Å². The highest BCUT2D eigenvalue weighted by Gasteiger charge is 2.23. The Morgan fingerprint density at radius 2 is 2.12 bits per heavy atom. The topological polar surface area (TPSA) is 38.0 Å². The van der Waals surface area contributed by atoms with Crippen LogP contribution in [0.1, 0.15) is 44.2 Å². The Kier molecular flexibility index (Phi) is 2.94. The smallest absolute Gasteiger partial charge is 0.0316 e. The average molecular weight is 218 g/mol. The van der Waals surface area contributed by atoms with Gasteiger partial charge in [-0.1, -0.05) is 6.07 Å². The van der Waals surface area contributed by atoms with Crippen LogP contribution in [0.2, 0.25) is 0 Å². The largest absolute Gasteiger partial charge is 0.399 e. The third kappa shape index (κ3) is 2.56. The SMILES string of the molecule is CC(C)(C)NCC1CCc2cc(N)ccc21. The van der Waals surface area contributed by atoms with Crippen LogP contribution in [0.3, 0.4) is 0 Å². The van der Waals surface area contributed by atoms with Gasteiger partial charge in [0.25, 0.3) is 0 Å². The van der Waals surface area contributed by atoms with Crippen molar-refractivity contribution in [3.8, 4) is 0 Å². The van der Waals surface area contributed by atoms with Crippen LogP contribution in [-0.4, -0.2) is 12.1 Å². The van der Waals surface area contributed by atoms with E-state index in [0.29, 0.717) is 5.92 Å². The number of rotatable bonds is 2. The maximum atomic E-state index is 5.80. The molecule has 0 heterocycles. The minimum absolute atomic E-state index is 0.205. The molecule has 16 heavy (non-hydrogen) atoms. The summed E-state index contributed by atoms with van der Waals surface area (Å²) in [5.74, 6) is 0.662. The second-order valence-electron chi connectivity index (χ2n) is 5.82. The summed E-state index contributed by atoms with van der Waals surface area (Å²) in [6.45, 7) is 7.71. The molecule has 0 saturated carbocycles. The predicted octanol–water partition coefficient (Wildman–Crippen LogP) is 2.69. The molecule has 0 spiro atoms. The van der Waals surface area contributed by atoms with E-state index in [1.54, 1.807) is 0 Å². The van der Waals surface area contributed by atoms with Crippen molar-refractivity contribution in [2.24, 2.45) is 0 Å². The summed E-state index contributed by atoms with van der Waals surface area (Å²) in [7, 11) is 0. The predicted molar refractivity (Wildman–Crippen MR) is 69.7 cm³/mol. The van der Waals surface area contributed by atoms with E-state index in [1.807, 2.05) is 6.07 Å². The van der Waals surface area contributed by atoms with E-state index in [-0.39, 0.29) is 5.54 Å². The van der Waals surface area contributed by atoms with Gasteiger partial charge in [0.1, 0.15) is 0 Å². The van der Waals surface area contributed by atoms with E-state index >= 15 is 0 Å². The van der Waals surface area contributed by atoms with Gasteiger partial charge in [-0.2, -0.15) is 0 Å². The lowest BCUT2D eigenvalue weighted by molar-refractivity contribution is 0.405. The molecule has 1 unspecified atom stereocenters. The Labute approximate surface area is 98.2 Å². The van der Waals surface area contributed by atoms with Gasteiger partial charge in [-0.15, -0.1) is 0 Å². The number of hydrogen-bond acceptors (Lipinski definition) is 2. The molecule has 0 aromatic heterocycles. The van der Waals surface area contributed by atoms with E-state index in [9.17, 15) is 0 Å². The van der Waals surface area contributed by atoms with Crippen molar-refractivity contribution in [2.45, 2.75) is 45.1 Å². The molecular weight excluding hydrogens is 196 g/mol. The first kappa shape index (κ1) is 11.5. The first-order chi connectivity index (χ1) is 7.46. The van der Waals surface area contributed by atoms with Gasteiger partial charge >= 0.3 is 0 Å². The number of nitrogens with one attached hydrogen (secondary N) is 1. The fourth-order valence-corrected chi connectivity index (χ4v) is 2.37. The molecule has 1 aromatic rings. The quantitative estimate of drug-likeness (QED) is 0.749. The summed E-state index contributed by atoms with van der Waals surface area (Å²) in [4.78, 5) is 0. The van der Waals surface area contributed by atoms with Gasteiger partial charge in [0.2, 0.25) is 0 Å². The van der Waals surface area contributed by atoms with Crippen molar-refractivity contribution in [3.63, 3.8) is 0 Å². The Morgan fingerprint density at radius 3 is 2.81 bits per heavy atom. The number of nitrogen functional groups attached to an aromatic ring is 1. The van der Waals surface area contributed by atoms with Crippen molar-refractivity contribution >= 4 is 5.69 Å². The fourth-order valence-electron chi connectivity index (χ4n) is 2.37. The summed E-state index contributed by atoms with van der Waals surface area (Å²) in [6.07, 6.45) is 2.43. The molecular formula is C14H22N2. The molecule has 0 amide bonds. The summed E-state index contributed by atoms with van der Waals surface area (Å²) in [5, 5.41) is 3.59. The first-order valence-electron chi connectivity index (χ1n) is 6.09. The second kappa shape index (κ2) is 4.10. The lowest BCUT2D eigenvalue weighted by Crippen LogP contribution is -2.38. The van der Waals surface area contributed by atoms with Crippen LogP contribution in [0.5, 0.6) is 0 Å². The summed E-state index contributed by atoms with van der Waals surface area (Å²) in [5.41, 5.74) is 9.84. The summed E-state index contributed by atoms with van der Waals surface area (Å²) < 4.78 is 0. The molecule has 2 heteroatoms. The molecule has 0 saturated heterocycles. The van der Waals surface area contributed by atoms with E-state index in [1.165, 1.54) is 24.0 Å². The van der Waals surface area contributed by atoms with Gasteiger partial charge in [0.15, 0.2) is 0 Å². The standard InChI is InChI=1S/C14H22N2/c1-14(2,3)16-9-11-5-4-10-8-12(15)6-7-13(10)11/h6-8,11,16H,4-5,9,15H2,1-3H3. The van der Waals surface area contributed by atoms with Crippen LogP contribution in [0.4, 0.5) is 5.69 Å². The molecule has 3 N–H and O–H groups in total. The lowest BCUT2D eigenvalue weighted by Gasteiger charge is -2.23. The van der Waals surface area contributed by atoms with Gasteiger partial charge in [-0.3, -0.25) is 0 Å². The highest BCUT2D eigenvalue weighted by molar-refractivity contribution is 5.48. The monoisotopic (exact) mass is 218 g/mol. The van der Waals surface area contributed by atoms with Crippen LogP contribution >= 0.6 is 0 Å².